The number of fused-ring (bicyclic) bond motifs is 1. The Balaban J connectivity index is 1.99. The molecule has 0 saturated carbocycles. The van der Waals surface area contributed by atoms with E-state index in [9.17, 15) is 5.26 Å². The van der Waals surface area contributed by atoms with Gasteiger partial charge in [-0.05, 0) is 30.5 Å². The highest BCUT2D eigenvalue weighted by molar-refractivity contribution is 5.48. The summed E-state index contributed by atoms with van der Waals surface area (Å²) in [5.74, 6) is 1.50. The van der Waals surface area contributed by atoms with E-state index in [0.29, 0.717) is 13.2 Å². The third kappa shape index (κ3) is 1.63. The van der Waals surface area contributed by atoms with Gasteiger partial charge in [0.2, 0.25) is 6.79 Å². The molecular weight excluding hydrogens is 218 g/mol. The van der Waals surface area contributed by atoms with Gasteiger partial charge in [-0.2, -0.15) is 5.26 Å². The van der Waals surface area contributed by atoms with Gasteiger partial charge in [0.05, 0.1) is 11.5 Å². The van der Waals surface area contributed by atoms with Crippen LogP contribution in [-0.2, 0) is 10.2 Å². The number of benzene rings is 1. The van der Waals surface area contributed by atoms with Gasteiger partial charge in [0.25, 0.3) is 0 Å². The van der Waals surface area contributed by atoms with Crippen LogP contribution < -0.4 is 9.47 Å². The number of nitrogens with zero attached hydrogens (tertiary/aromatic N) is 1. The summed E-state index contributed by atoms with van der Waals surface area (Å²) in [5.41, 5.74) is 0.576. The molecule has 1 aromatic rings. The van der Waals surface area contributed by atoms with Gasteiger partial charge in [0, 0.05) is 13.2 Å². The maximum Gasteiger partial charge on any atom is 0.231 e. The Bertz CT molecular complexity index is 472. The first-order valence-electron chi connectivity index (χ1n) is 5.73. The smallest absolute Gasteiger partial charge is 0.231 e. The van der Waals surface area contributed by atoms with Crippen molar-refractivity contribution in [2.75, 3.05) is 20.0 Å². The average Bonchev–Trinajstić information content (AvgIpc) is 2.86. The molecule has 3 rings (SSSR count). The highest BCUT2D eigenvalue weighted by atomic mass is 16.7. The van der Waals surface area contributed by atoms with Crippen molar-refractivity contribution in [3.05, 3.63) is 23.8 Å². The second-order valence-electron chi connectivity index (χ2n) is 4.37. The van der Waals surface area contributed by atoms with Crippen LogP contribution in [0.15, 0.2) is 18.2 Å². The van der Waals surface area contributed by atoms with Gasteiger partial charge in [-0.1, -0.05) is 6.07 Å². The van der Waals surface area contributed by atoms with Crippen LogP contribution in [0.1, 0.15) is 18.4 Å². The highest BCUT2D eigenvalue weighted by Gasteiger charge is 2.35. The van der Waals surface area contributed by atoms with Crippen molar-refractivity contribution in [1.82, 2.24) is 0 Å². The van der Waals surface area contributed by atoms with E-state index < -0.39 is 5.41 Å². The number of hydrogen-bond donors (Lipinski definition) is 0. The zero-order valence-electron chi connectivity index (χ0n) is 9.44. The third-order valence-electron chi connectivity index (χ3n) is 3.49. The lowest BCUT2D eigenvalue weighted by molar-refractivity contribution is 0.0675. The minimum atomic E-state index is -0.431. The molecule has 17 heavy (non-hydrogen) atoms. The fourth-order valence-corrected chi connectivity index (χ4v) is 2.38. The average molecular weight is 231 g/mol. The summed E-state index contributed by atoms with van der Waals surface area (Å²) >= 11 is 0. The summed E-state index contributed by atoms with van der Waals surface area (Å²) in [6.07, 6.45) is 1.48. The normalized spacial score (nSPS) is 20.9. The Hall–Kier alpha value is -1.73. The number of hydrogen-bond acceptors (Lipinski definition) is 4. The van der Waals surface area contributed by atoms with Crippen LogP contribution in [0.4, 0.5) is 0 Å². The first kappa shape index (κ1) is 10.4. The summed E-state index contributed by atoms with van der Waals surface area (Å²) < 4.78 is 16.0. The fourth-order valence-electron chi connectivity index (χ4n) is 2.38. The van der Waals surface area contributed by atoms with Crippen LogP contribution in [-0.4, -0.2) is 20.0 Å². The van der Waals surface area contributed by atoms with Crippen molar-refractivity contribution in [2.45, 2.75) is 18.3 Å². The Kier molecular flexibility index (Phi) is 2.41. The molecule has 2 aliphatic heterocycles. The highest BCUT2D eigenvalue weighted by Crippen LogP contribution is 2.40. The Morgan fingerprint density at radius 1 is 1.12 bits per heavy atom. The Morgan fingerprint density at radius 3 is 2.65 bits per heavy atom. The molecule has 0 radical (unpaired) electrons. The molecule has 0 atom stereocenters. The molecule has 88 valence electrons. The molecule has 4 heteroatoms. The third-order valence-corrected chi connectivity index (χ3v) is 3.49. The second-order valence-corrected chi connectivity index (χ2v) is 4.37. The van der Waals surface area contributed by atoms with Crippen LogP contribution in [0, 0.1) is 11.3 Å². The monoisotopic (exact) mass is 231 g/mol. The van der Waals surface area contributed by atoms with E-state index in [1.807, 2.05) is 18.2 Å². The summed E-state index contributed by atoms with van der Waals surface area (Å²) in [6.45, 7) is 1.55. The number of rotatable bonds is 1. The first-order chi connectivity index (χ1) is 8.34. The molecule has 0 spiro atoms. The molecule has 0 N–H and O–H groups in total. The Morgan fingerprint density at radius 2 is 1.88 bits per heavy atom. The topological polar surface area (TPSA) is 51.5 Å². The van der Waals surface area contributed by atoms with Crippen LogP contribution in [0.2, 0.25) is 0 Å². The van der Waals surface area contributed by atoms with Gasteiger partial charge >= 0.3 is 0 Å². The minimum Gasteiger partial charge on any atom is -0.454 e. The molecule has 1 aromatic carbocycles. The Labute approximate surface area is 99.7 Å². The molecular formula is C13H13NO3. The second kappa shape index (κ2) is 3.94. The standard InChI is InChI=1S/C13H13NO3/c14-8-13(3-5-15-6-4-13)10-1-2-11-12(7-10)17-9-16-11/h1-2,7H,3-6,9H2. The molecule has 4 nitrogen and oxygen atoms in total. The summed E-state index contributed by atoms with van der Waals surface area (Å²) in [6, 6.07) is 8.22. The van der Waals surface area contributed by atoms with Crippen molar-refractivity contribution >= 4 is 0 Å². The molecule has 2 heterocycles. The fraction of sp³-hybridized carbons (Fsp3) is 0.462. The lowest BCUT2D eigenvalue weighted by Crippen LogP contribution is -2.32. The quantitative estimate of drug-likeness (QED) is 0.741. The van der Waals surface area contributed by atoms with Crippen molar-refractivity contribution in [3.8, 4) is 17.6 Å². The zero-order valence-corrected chi connectivity index (χ0v) is 9.44. The molecule has 0 bridgehead atoms. The molecule has 2 aliphatic rings. The molecule has 0 amide bonds. The van der Waals surface area contributed by atoms with Gasteiger partial charge in [0.15, 0.2) is 11.5 Å². The predicted molar refractivity (Wildman–Crippen MR) is 59.9 cm³/mol. The summed E-state index contributed by atoms with van der Waals surface area (Å²) in [7, 11) is 0. The molecule has 0 aromatic heterocycles. The van der Waals surface area contributed by atoms with E-state index in [1.165, 1.54) is 0 Å². The van der Waals surface area contributed by atoms with E-state index in [1.54, 1.807) is 0 Å². The van der Waals surface area contributed by atoms with E-state index >= 15 is 0 Å². The lowest BCUT2D eigenvalue weighted by atomic mass is 9.75. The molecule has 0 unspecified atom stereocenters. The van der Waals surface area contributed by atoms with E-state index in [0.717, 1.165) is 29.9 Å². The van der Waals surface area contributed by atoms with Gasteiger partial charge in [0.1, 0.15) is 0 Å². The van der Waals surface area contributed by atoms with Crippen LogP contribution >= 0.6 is 0 Å². The predicted octanol–water partition coefficient (Wildman–Crippen LogP) is 1.99. The molecule has 1 saturated heterocycles. The van der Waals surface area contributed by atoms with Gasteiger partial charge in [-0.3, -0.25) is 0 Å². The lowest BCUT2D eigenvalue weighted by Gasteiger charge is -2.31. The number of nitriles is 1. The van der Waals surface area contributed by atoms with Crippen LogP contribution in [0.25, 0.3) is 0 Å². The van der Waals surface area contributed by atoms with Crippen LogP contribution in [0.5, 0.6) is 11.5 Å². The van der Waals surface area contributed by atoms with Gasteiger partial charge in [-0.25, -0.2) is 0 Å². The minimum absolute atomic E-state index is 0.265. The SMILES string of the molecule is N#CC1(c2ccc3c(c2)OCO3)CCOCC1. The van der Waals surface area contributed by atoms with E-state index in [2.05, 4.69) is 6.07 Å². The molecule has 0 aliphatic carbocycles. The van der Waals surface area contributed by atoms with Crippen molar-refractivity contribution in [3.63, 3.8) is 0 Å². The van der Waals surface area contributed by atoms with E-state index in [4.69, 9.17) is 14.2 Å². The maximum atomic E-state index is 9.47. The van der Waals surface area contributed by atoms with Crippen molar-refractivity contribution in [2.24, 2.45) is 0 Å². The van der Waals surface area contributed by atoms with Gasteiger partial charge < -0.3 is 14.2 Å². The first-order valence-corrected chi connectivity index (χ1v) is 5.73. The largest absolute Gasteiger partial charge is 0.454 e. The van der Waals surface area contributed by atoms with Crippen molar-refractivity contribution < 1.29 is 14.2 Å². The van der Waals surface area contributed by atoms with Gasteiger partial charge in [-0.15, -0.1) is 0 Å². The maximum absolute atomic E-state index is 9.47. The summed E-state index contributed by atoms with van der Waals surface area (Å²) in [5, 5.41) is 9.47. The van der Waals surface area contributed by atoms with E-state index in [-0.39, 0.29) is 6.79 Å². The van der Waals surface area contributed by atoms with Crippen molar-refractivity contribution in [1.29, 1.82) is 5.26 Å². The van der Waals surface area contributed by atoms with Crippen LogP contribution in [0.3, 0.4) is 0 Å². The summed E-state index contributed by atoms with van der Waals surface area (Å²) in [4.78, 5) is 0. The molecule has 1 fully saturated rings. The number of ether oxygens (including phenoxy) is 3. The zero-order chi connectivity index (χ0) is 11.7.